The molecule has 2 aliphatic rings. The van der Waals surface area contributed by atoms with Crippen LogP contribution in [-0.4, -0.2) is 48.1 Å². The predicted octanol–water partition coefficient (Wildman–Crippen LogP) is 1.81. The van der Waals surface area contributed by atoms with E-state index in [1.54, 1.807) is 0 Å². The summed E-state index contributed by atoms with van der Waals surface area (Å²) in [5, 5.41) is 3.67. The first kappa shape index (κ1) is 11.7. The topological polar surface area (TPSA) is 15.3 Å². The molecular formula is C12H24N2S. The van der Waals surface area contributed by atoms with Gasteiger partial charge >= 0.3 is 0 Å². The van der Waals surface area contributed by atoms with E-state index in [1.807, 2.05) is 0 Å². The Morgan fingerprint density at radius 2 is 2.40 bits per heavy atom. The Kier molecular flexibility index (Phi) is 4.35. The zero-order valence-corrected chi connectivity index (χ0v) is 10.9. The van der Waals surface area contributed by atoms with Gasteiger partial charge in [-0.05, 0) is 18.1 Å². The monoisotopic (exact) mass is 228 g/mol. The fourth-order valence-electron chi connectivity index (χ4n) is 2.61. The van der Waals surface area contributed by atoms with E-state index in [0.717, 1.165) is 18.0 Å². The SMILES string of the molecule is CCC(C)C1CN(C2CCSC2)CCN1. The Morgan fingerprint density at radius 1 is 1.53 bits per heavy atom. The Balaban J connectivity index is 1.86. The maximum Gasteiger partial charge on any atom is 0.0221 e. The maximum absolute atomic E-state index is 3.67. The summed E-state index contributed by atoms with van der Waals surface area (Å²) >= 11 is 2.13. The molecule has 0 radical (unpaired) electrons. The first-order valence-corrected chi connectivity index (χ1v) is 7.52. The molecule has 0 aliphatic carbocycles. The minimum Gasteiger partial charge on any atom is -0.311 e. The van der Waals surface area contributed by atoms with E-state index in [1.165, 1.54) is 44.0 Å². The van der Waals surface area contributed by atoms with Crippen molar-refractivity contribution in [3.05, 3.63) is 0 Å². The summed E-state index contributed by atoms with van der Waals surface area (Å²) in [6.45, 7) is 8.41. The van der Waals surface area contributed by atoms with Crippen LogP contribution in [-0.2, 0) is 0 Å². The minimum absolute atomic E-state index is 0.731. The van der Waals surface area contributed by atoms with Gasteiger partial charge in [0.15, 0.2) is 0 Å². The molecule has 2 rings (SSSR count). The van der Waals surface area contributed by atoms with Crippen molar-refractivity contribution in [1.82, 2.24) is 10.2 Å². The summed E-state index contributed by atoms with van der Waals surface area (Å²) in [5.74, 6) is 3.57. The second-order valence-corrected chi connectivity index (χ2v) is 6.11. The largest absolute Gasteiger partial charge is 0.311 e. The predicted molar refractivity (Wildman–Crippen MR) is 68.5 cm³/mol. The van der Waals surface area contributed by atoms with E-state index >= 15 is 0 Å². The van der Waals surface area contributed by atoms with E-state index in [0.29, 0.717) is 0 Å². The van der Waals surface area contributed by atoms with Crippen LogP contribution in [0.25, 0.3) is 0 Å². The van der Waals surface area contributed by atoms with E-state index in [-0.39, 0.29) is 0 Å². The molecule has 0 saturated carbocycles. The van der Waals surface area contributed by atoms with Crippen LogP contribution < -0.4 is 5.32 Å². The van der Waals surface area contributed by atoms with Crippen LogP contribution in [0.5, 0.6) is 0 Å². The molecular weight excluding hydrogens is 204 g/mol. The van der Waals surface area contributed by atoms with Crippen LogP contribution in [0.15, 0.2) is 0 Å². The standard InChI is InChI=1S/C12H24N2S/c1-3-10(2)12-8-14(6-5-13-12)11-4-7-15-9-11/h10-13H,3-9H2,1-2H3. The summed E-state index contributed by atoms with van der Waals surface area (Å²) in [5.41, 5.74) is 0. The second kappa shape index (κ2) is 5.55. The zero-order valence-electron chi connectivity index (χ0n) is 10.0. The van der Waals surface area contributed by atoms with Gasteiger partial charge in [-0.3, -0.25) is 4.90 Å². The lowest BCUT2D eigenvalue weighted by Gasteiger charge is -2.39. The van der Waals surface area contributed by atoms with Gasteiger partial charge < -0.3 is 5.32 Å². The summed E-state index contributed by atoms with van der Waals surface area (Å²) < 4.78 is 0. The molecule has 2 heterocycles. The average molecular weight is 228 g/mol. The number of hydrogen-bond acceptors (Lipinski definition) is 3. The number of thioether (sulfide) groups is 1. The normalized spacial score (nSPS) is 35.6. The van der Waals surface area contributed by atoms with Crippen molar-refractivity contribution in [3.63, 3.8) is 0 Å². The van der Waals surface area contributed by atoms with Crippen molar-refractivity contribution in [3.8, 4) is 0 Å². The number of piperazine rings is 1. The van der Waals surface area contributed by atoms with Gasteiger partial charge in [-0.2, -0.15) is 11.8 Å². The summed E-state index contributed by atoms with van der Waals surface area (Å²) in [7, 11) is 0. The highest BCUT2D eigenvalue weighted by molar-refractivity contribution is 7.99. The van der Waals surface area contributed by atoms with Gasteiger partial charge in [-0.1, -0.05) is 20.3 Å². The molecule has 0 aromatic rings. The maximum atomic E-state index is 3.67. The molecule has 0 bridgehead atoms. The van der Waals surface area contributed by atoms with Gasteiger partial charge in [-0.15, -0.1) is 0 Å². The van der Waals surface area contributed by atoms with Crippen molar-refractivity contribution in [2.45, 2.75) is 38.8 Å². The molecule has 0 spiro atoms. The molecule has 2 aliphatic heterocycles. The van der Waals surface area contributed by atoms with Crippen LogP contribution in [0, 0.1) is 5.92 Å². The molecule has 0 aromatic heterocycles. The molecule has 3 unspecified atom stereocenters. The van der Waals surface area contributed by atoms with Crippen molar-refractivity contribution in [2.24, 2.45) is 5.92 Å². The summed E-state index contributed by atoms with van der Waals surface area (Å²) in [4.78, 5) is 2.73. The number of nitrogens with one attached hydrogen (secondary N) is 1. The first-order chi connectivity index (χ1) is 7.31. The summed E-state index contributed by atoms with van der Waals surface area (Å²) in [6, 6.07) is 1.61. The van der Waals surface area contributed by atoms with E-state index in [4.69, 9.17) is 0 Å². The lowest BCUT2D eigenvalue weighted by molar-refractivity contribution is 0.133. The van der Waals surface area contributed by atoms with Crippen molar-refractivity contribution < 1.29 is 0 Å². The molecule has 3 atom stereocenters. The van der Waals surface area contributed by atoms with Gasteiger partial charge in [0.1, 0.15) is 0 Å². The van der Waals surface area contributed by atoms with E-state index in [2.05, 4.69) is 35.8 Å². The minimum atomic E-state index is 0.731. The lowest BCUT2D eigenvalue weighted by Crippen LogP contribution is -2.56. The highest BCUT2D eigenvalue weighted by Gasteiger charge is 2.29. The second-order valence-electron chi connectivity index (χ2n) is 4.96. The fourth-order valence-corrected chi connectivity index (χ4v) is 3.86. The van der Waals surface area contributed by atoms with Gasteiger partial charge in [0, 0.05) is 37.5 Å². The van der Waals surface area contributed by atoms with Crippen LogP contribution in [0.1, 0.15) is 26.7 Å². The van der Waals surface area contributed by atoms with Crippen molar-refractivity contribution in [2.75, 3.05) is 31.1 Å². The average Bonchev–Trinajstić information content (AvgIpc) is 2.82. The Labute approximate surface area is 98.2 Å². The Morgan fingerprint density at radius 3 is 3.07 bits per heavy atom. The van der Waals surface area contributed by atoms with Gasteiger partial charge in [0.2, 0.25) is 0 Å². The Bertz CT molecular complexity index is 192. The molecule has 2 nitrogen and oxygen atoms in total. The number of nitrogens with zero attached hydrogens (tertiary/aromatic N) is 1. The number of rotatable bonds is 3. The molecule has 0 aromatic carbocycles. The first-order valence-electron chi connectivity index (χ1n) is 6.36. The molecule has 2 fully saturated rings. The highest BCUT2D eigenvalue weighted by Crippen LogP contribution is 2.24. The van der Waals surface area contributed by atoms with Gasteiger partial charge in [0.25, 0.3) is 0 Å². The highest BCUT2D eigenvalue weighted by atomic mass is 32.2. The molecule has 2 saturated heterocycles. The van der Waals surface area contributed by atoms with Crippen molar-refractivity contribution >= 4 is 11.8 Å². The van der Waals surface area contributed by atoms with Crippen LogP contribution in [0.3, 0.4) is 0 Å². The van der Waals surface area contributed by atoms with Crippen LogP contribution >= 0.6 is 11.8 Å². The molecule has 88 valence electrons. The third-order valence-electron chi connectivity index (χ3n) is 3.99. The van der Waals surface area contributed by atoms with Gasteiger partial charge in [0.05, 0.1) is 0 Å². The molecule has 15 heavy (non-hydrogen) atoms. The zero-order chi connectivity index (χ0) is 10.7. The van der Waals surface area contributed by atoms with Gasteiger partial charge in [-0.25, -0.2) is 0 Å². The van der Waals surface area contributed by atoms with Crippen LogP contribution in [0.2, 0.25) is 0 Å². The molecule has 3 heteroatoms. The third kappa shape index (κ3) is 2.89. The smallest absolute Gasteiger partial charge is 0.0221 e. The summed E-state index contributed by atoms with van der Waals surface area (Å²) in [6.07, 6.45) is 2.71. The van der Waals surface area contributed by atoms with E-state index in [9.17, 15) is 0 Å². The lowest BCUT2D eigenvalue weighted by atomic mass is 9.96. The van der Waals surface area contributed by atoms with Crippen LogP contribution in [0.4, 0.5) is 0 Å². The number of hydrogen-bond donors (Lipinski definition) is 1. The molecule has 0 amide bonds. The fraction of sp³-hybridized carbons (Fsp3) is 1.00. The van der Waals surface area contributed by atoms with E-state index < -0.39 is 0 Å². The third-order valence-corrected chi connectivity index (χ3v) is 5.13. The quantitative estimate of drug-likeness (QED) is 0.793. The molecule has 1 N–H and O–H groups in total. The van der Waals surface area contributed by atoms with Crippen molar-refractivity contribution in [1.29, 1.82) is 0 Å². The Hall–Kier alpha value is 0.270.